The van der Waals surface area contributed by atoms with Gasteiger partial charge in [0, 0.05) is 5.75 Å². The lowest BCUT2D eigenvalue weighted by atomic mass is 10.3. The van der Waals surface area contributed by atoms with E-state index in [1.165, 1.54) is 0 Å². The molecule has 3 nitrogen and oxygen atoms in total. The molecular formula is C11H9F2NO2S. The predicted molar refractivity (Wildman–Crippen MR) is 60.2 cm³/mol. The largest absolute Gasteiger partial charge is 0.430 e. The second kappa shape index (κ2) is 5.18. The Bertz CT molecular complexity index is 543. The van der Waals surface area contributed by atoms with Crippen LogP contribution in [-0.4, -0.2) is 14.9 Å². The van der Waals surface area contributed by atoms with Gasteiger partial charge in [-0.2, -0.15) is 8.78 Å². The topological polar surface area (TPSA) is 43.1 Å². The first-order valence-electron chi connectivity index (χ1n) is 4.92. The van der Waals surface area contributed by atoms with Crippen LogP contribution in [0.1, 0.15) is 6.42 Å². The van der Waals surface area contributed by atoms with Gasteiger partial charge >= 0.3 is 0 Å². The van der Waals surface area contributed by atoms with Crippen molar-refractivity contribution in [2.75, 3.05) is 5.75 Å². The number of halogens is 2. The Hall–Kier alpha value is -1.56. The van der Waals surface area contributed by atoms with Crippen molar-refractivity contribution in [3.63, 3.8) is 0 Å². The van der Waals surface area contributed by atoms with E-state index in [1.54, 1.807) is 24.3 Å². The van der Waals surface area contributed by atoms with Gasteiger partial charge in [-0.05, 0) is 24.6 Å². The van der Waals surface area contributed by atoms with Crippen LogP contribution in [-0.2, 0) is 10.8 Å². The van der Waals surface area contributed by atoms with Crippen molar-refractivity contribution in [2.24, 2.45) is 0 Å². The Kier molecular flexibility index (Phi) is 3.63. The third-order valence-electron chi connectivity index (χ3n) is 2.07. The minimum atomic E-state index is -1.76. The summed E-state index contributed by atoms with van der Waals surface area (Å²) in [7, 11) is -1.49. The maximum absolute atomic E-state index is 11.8. The molecule has 2 aromatic rings. The summed E-state index contributed by atoms with van der Waals surface area (Å²) in [4.78, 5) is 4.04. The normalized spacial score (nSPS) is 12.6. The Labute approximate surface area is 98.6 Å². The molecule has 0 saturated heterocycles. The Morgan fingerprint density at radius 3 is 2.88 bits per heavy atom. The molecule has 6 heteroatoms. The zero-order valence-corrected chi connectivity index (χ0v) is 9.55. The highest BCUT2D eigenvalue weighted by molar-refractivity contribution is 7.84. The molecule has 0 aliphatic carbocycles. The van der Waals surface area contributed by atoms with E-state index in [9.17, 15) is 13.0 Å². The lowest BCUT2D eigenvalue weighted by molar-refractivity contribution is 0.418. The van der Waals surface area contributed by atoms with Crippen LogP contribution in [0.25, 0.3) is 11.1 Å². The van der Waals surface area contributed by atoms with Gasteiger partial charge in [0.1, 0.15) is 16.3 Å². The van der Waals surface area contributed by atoms with Crippen LogP contribution in [0, 0.1) is 0 Å². The van der Waals surface area contributed by atoms with Crippen LogP contribution in [0.4, 0.5) is 8.78 Å². The molecule has 17 heavy (non-hydrogen) atoms. The minimum absolute atomic E-state index is 0.0354. The van der Waals surface area contributed by atoms with E-state index in [1.807, 2.05) is 0 Å². The fourth-order valence-electron chi connectivity index (χ4n) is 1.31. The molecule has 2 rings (SSSR count). The van der Waals surface area contributed by atoms with Gasteiger partial charge < -0.3 is 4.42 Å². The highest BCUT2D eigenvalue weighted by Gasteiger charge is 2.11. The van der Waals surface area contributed by atoms with Crippen molar-refractivity contribution >= 4 is 21.9 Å². The van der Waals surface area contributed by atoms with Crippen molar-refractivity contribution in [1.82, 2.24) is 4.98 Å². The summed E-state index contributed by atoms with van der Waals surface area (Å²) in [6.45, 7) is 0. The average Bonchev–Trinajstić information content (AvgIpc) is 2.71. The third-order valence-corrected chi connectivity index (χ3v) is 3.24. The molecule has 1 atom stereocenters. The molecule has 0 saturated carbocycles. The van der Waals surface area contributed by atoms with E-state index >= 15 is 0 Å². The quantitative estimate of drug-likeness (QED) is 0.845. The number of fused-ring (bicyclic) bond motifs is 1. The van der Waals surface area contributed by atoms with Gasteiger partial charge in [-0.25, -0.2) is 9.19 Å². The molecule has 0 N–H and O–H groups in total. The van der Waals surface area contributed by atoms with Gasteiger partial charge in [0.2, 0.25) is 0 Å². The SMILES string of the molecule is O=S(CCC=C(F)F)c1nc2ccccc2o1. The van der Waals surface area contributed by atoms with Gasteiger partial charge in [-0.3, -0.25) is 0 Å². The average molecular weight is 257 g/mol. The fourth-order valence-corrected chi connectivity index (χ4v) is 2.20. The van der Waals surface area contributed by atoms with Crippen LogP contribution in [0.5, 0.6) is 0 Å². The van der Waals surface area contributed by atoms with Gasteiger partial charge in [-0.15, -0.1) is 0 Å². The summed E-state index contributed by atoms with van der Waals surface area (Å²) in [6, 6.07) is 7.02. The molecule has 0 bridgehead atoms. The smallest absolute Gasteiger partial charge is 0.287 e. The first-order valence-corrected chi connectivity index (χ1v) is 6.24. The van der Waals surface area contributed by atoms with E-state index in [4.69, 9.17) is 4.42 Å². The molecule has 90 valence electrons. The maximum Gasteiger partial charge on any atom is 0.287 e. The number of hydrogen-bond acceptors (Lipinski definition) is 3. The summed E-state index contributed by atoms with van der Waals surface area (Å²) in [6.07, 6.45) is -0.992. The monoisotopic (exact) mass is 257 g/mol. The fraction of sp³-hybridized carbons (Fsp3) is 0.182. The van der Waals surface area contributed by atoms with Crippen molar-refractivity contribution in [2.45, 2.75) is 11.6 Å². The second-order valence-corrected chi connectivity index (χ2v) is 4.73. The number of para-hydroxylation sites is 2. The highest BCUT2D eigenvalue weighted by Crippen LogP contribution is 2.17. The number of rotatable bonds is 4. The first-order chi connectivity index (χ1) is 8.16. The number of benzene rings is 1. The van der Waals surface area contributed by atoms with Crippen molar-refractivity contribution in [1.29, 1.82) is 0 Å². The van der Waals surface area contributed by atoms with Crippen LogP contribution in [0.15, 0.2) is 46.1 Å². The lowest BCUT2D eigenvalue weighted by Crippen LogP contribution is -1.97. The molecule has 1 aromatic carbocycles. The summed E-state index contributed by atoms with van der Waals surface area (Å²) in [5.74, 6) is 0.0736. The standard InChI is InChI=1S/C11H9F2NO2S/c12-10(13)6-3-7-17(15)11-14-8-4-1-2-5-9(8)16-11/h1-2,4-6H,3,7H2. The highest BCUT2D eigenvalue weighted by atomic mass is 32.2. The van der Waals surface area contributed by atoms with Gasteiger partial charge in [0.05, 0.1) is 0 Å². The number of hydrogen-bond donors (Lipinski definition) is 0. The van der Waals surface area contributed by atoms with Crippen LogP contribution >= 0.6 is 0 Å². The van der Waals surface area contributed by atoms with Gasteiger partial charge in [0.15, 0.2) is 5.58 Å². The first kappa shape index (κ1) is 11.9. The number of allylic oxidation sites excluding steroid dienone is 1. The van der Waals surface area contributed by atoms with E-state index in [0.717, 1.165) is 6.08 Å². The van der Waals surface area contributed by atoms with Crippen molar-refractivity contribution in [3.8, 4) is 0 Å². The number of oxazole rings is 1. The molecule has 0 spiro atoms. The molecule has 0 aliphatic heterocycles. The molecular weight excluding hydrogens is 248 g/mol. The lowest BCUT2D eigenvalue weighted by Gasteiger charge is -1.92. The van der Waals surface area contributed by atoms with Gasteiger partial charge in [-0.1, -0.05) is 12.1 Å². The van der Waals surface area contributed by atoms with Crippen molar-refractivity contribution < 1.29 is 17.4 Å². The number of nitrogens with zero attached hydrogens (tertiary/aromatic N) is 1. The van der Waals surface area contributed by atoms with Crippen molar-refractivity contribution in [3.05, 3.63) is 36.4 Å². The third kappa shape index (κ3) is 2.97. The molecule has 1 aromatic heterocycles. The molecule has 0 fully saturated rings. The van der Waals surface area contributed by atoms with E-state index in [2.05, 4.69) is 4.98 Å². The van der Waals surface area contributed by atoms with Gasteiger partial charge in [0.25, 0.3) is 11.3 Å². The summed E-state index contributed by atoms with van der Waals surface area (Å²) in [5.41, 5.74) is 1.16. The van der Waals surface area contributed by atoms with Crippen LogP contribution in [0.3, 0.4) is 0 Å². The number of aromatic nitrogens is 1. The summed E-state index contributed by atoms with van der Waals surface area (Å²) in [5, 5.41) is 0.0823. The Morgan fingerprint density at radius 2 is 2.18 bits per heavy atom. The molecule has 0 aliphatic rings. The molecule has 0 amide bonds. The minimum Gasteiger partial charge on any atom is -0.430 e. The maximum atomic E-state index is 11.8. The van der Waals surface area contributed by atoms with E-state index < -0.39 is 16.9 Å². The summed E-state index contributed by atoms with van der Waals surface area (Å²) < 4.78 is 40.5. The predicted octanol–water partition coefficient (Wildman–Crippen LogP) is 3.11. The Morgan fingerprint density at radius 1 is 1.41 bits per heavy atom. The molecule has 1 heterocycles. The van der Waals surface area contributed by atoms with Crippen LogP contribution in [0.2, 0.25) is 0 Å². The Balaban J connectivity index is 2.11. The van der Waals surface area contributed by atoms with Crippen LogP contribution < -0.4 is 0 Å². The zero-order valence-electron chi connectivity index (χ0n) is 8.73. The zero-order chi connectivity index (χ0) is 12.3. The van der Waals surface area contributed by atoms with E-state index in [0.29, 0.717) is 11.1 Å². The molecule has 0 radical (unpaired) electrons. The summed E-state index contributed by atoms with van der Waals surface area (Å²) >= 11 is 0. The van der Waals surface area contributed by atoms with E-state index in [-0.39, 0.29) is 17.4 Å². The molecule has 1 unspecified atom stereocenters. The second-order valence-electron chi connectivity index (χ2n) is 3.28.